The Labute approximate surface area is 278 Å². The Balaban J connectivity index is 1.77. The van der Waals surface area contributed by atoms with Gasteiger partial charge in [0.25, 0.3) is 0 Å². The Morgan fingerprint density at radius 1 is 0.745 bits per heavy atom. The van der Waals surface area contributed by atoms with Gasteiger partial charge >= 0.3 is 0 Å². The lowest BCUT2D eigenvalue weighted by atomic mass is 9.99. The topological polar surface area (TPSA) is 194 Å². The van der Waals surface area contributed by atoms with Crippen molar-refractivity contribution in [3.63, 3.8) is 0 Å². The van der Waals surface area contributed by atoms with Crippen LogP contribution in [0.5, 0.6) is 0 Å². The van der Waals surface area contributed by atoms with Crippen LogP contribution in [0.2, 0.25) is 0 Å². The summed E-state index contributed by atoms with van der Waals surface area (Å²) in [5.41, 5.74) is 13.6. The molecule has 0 aliphatic carbocycles. The summed E-state index contributed by atoms with van der Waals surface area (Å²) in [4.78, 5) is 55.7. The highest BCUT2D eigenvalue weighted by molar-refractivity contribution is 7.91. The Hall–Kier alpha value is -3.81. The fourth-order valence-electron chi connectivity index (χ4n) is 5.45. The van der Waals surface area contributed by atoms with Crippen LogP contribution in [0.4, 0.5) is 0 Å². The lowest BCUT2D eigenvalue weighted by Gasteiger charge is -2.32. The smallest absolute Gasteiger partial charge is 0.245 e. The van der Waals surface area contributed by atoms with Crippen LogP contribution in [0.1, 0.15) is 50.7 Å². The Kier molecular flexibility index (Phi) is 14.8. The molecule has 4 atom stereocenters. The van der Waals surface area contributed by atoms with E-state index in [4.69, 9.17) is 11.5 Å². The fourth-order valence-corrected chi connectivity index (χ4v) is 6.65. The number of amides is 4. The molecule has 258 valence electrons. The van der Waals surface area contributed by atoms with Crippen molar-refractivity contribution in [3.8, 4) is 0 Å². The first-order chi connectivity index (χ1) is 22.4. The highest BCUT2D eigenvalue weighted by atomic mass is 32.2. The van der Waals surface area contributed by atoms with Crippen LogP contribution in [-0.2, 0) is 41.9 Å². The van der Waals surface area contributed by atoms with Gasteiger partial charge in [0.05, 0.1) is 17.5 Å². The summed E-state index contributed by atoms with van der Waals surface area (Å²) in [5, 5.41) is 8.47. The largest absolute Gasteiger partial charge is 0.343 e. The van der Waals surface area contributed by atoms with Crippen molar-refractivity contribution < 1.29 is 27.6 Å². The van der Waals surface area contributed by atoms with Gasteiger partial charge in [-0.1, -0.05) is 74.5 Å². The number of unbranched alkanes of at least 4 members (excludes halogenated alkanes) is 1. The van der Waals surface area contributed by atoms with Crippen molar-refractivity contribution in [2.45, 2.75) is 76.5 Å². The van der Waals surface area contributed by atoms with Gasteiger partial charge in [-0.25, -0.2) is 8.42 Å². The van der Waals surface area contributed by atoms with Crippen molar-refractivity contribution in [2.24, 2.45) is 17.4 Å². The molecule has 12 nitrogen and oxygen atoms in total. The number of hydrogen-bond acceptors (Lipinski definition) is 8. The summed E-state index contributed by atoms with van der Waals surface area (Å²) >= 11 is 0. The van der Waals surface area contributed by atoms with Crippen LogP contribution in [0.15, 0.2) is 60.7 Å². The maximum atomic E-state index is 13.8. The van der Waals surface area contributed by atoms with E-state index in [0.29, 0.717) is 25.8 Å². The molecule has 3 rings (SSSR count). The molecule has 7 N–H and O–H groups in total. The van der Waals surface area contributed by atoms with Gasteiger partial charge in [-0.2, -0.15) is 0 Å². The fraction of sp³-hybridized carbons (Fsp3) is 0.529. The molecule has 0 bridgehead atoms. The number of nitrogens with one attached hydrogen (secondary N) is 3. The number of hydrogen-bond donors (Lipinski definition) is 5. The van der Waals surface area contributed by atoms with Crippen molar-refractivity contribution in [3.05, 3.63) is 71.8 Å². The van der Waals surface area contributed by atoms with E-state index in [1.54, 1.807) is 0 Å². The monoisotopic (exact) mass is 670 g/mol. The van der Waals surface area contributed by atoms with Crippen LogP contribution in [0, 0.1) is 5.92 Å². The zero-order valence-electron chi connectivity index (χ0n) is 27.4. The maximum Gasteiger partial charge on any atom is 0.245 e. The lowest BCUT2D eigenvalue weighted by molar-refractivity contribution is -0.138. The molecule has 47 heavy (non-hydrogen) atoms. The standard InChI is InChI=1S/C34H50N6O6S/c1-24(2)21-29(32(42)37-28(15-9-10-16-35)34(44)40-17-19-47(45,46)20-18-40)39-33(43)30(23-26-13-7-4-8-14-26)38-31(41)27(36)22-25-11-5-3-6-12-25/h3-8,11-14,24,27-30H,9-10,15-23,35-36H2,1-2H3,(H,37,42)(H,38,41)(H,39,43)/t27-,28-,29-,30?/m1/s1. The third kappa shape index (κ3) is 12.7. The molecule has 1 saturated heterocycles. The molecule has 2 aromatic rings. The second-order valence-electron chi connectivity index (χ2n) is 12.6. The predicted molar refractivity (Wildman–Crippen MR) is 182 cm³/mol. The molecule has 13 heteroatoms. The first-order valence-electron chi connectivity index (χ1n) is 16.3. The van der Waals surface area contributed by atoms with E-state index < -0.39 is 51.7 Å². The minimum atomic E-state index is -3.20. The van der Waals surface area contributed by atoms with Crippen LogP contribution < -0.4 is 27.4 Å². The van der Waals surface area contributed by atoms with Gasteiger partial charge in [-0.15, -0.1) is 0 Å². The van der Waals surface area contributed by atoms with Crippen molar-refractivity contribution in [2.75, 3.05) is 31.1 Å². The predicted octanol–water partition coefficient (Wildman–Crippen LogP) is 0.686. The summed E-state index contributed by atoms with van der Waals surface area (Å²) in [6.07, 6.45) is 2.28. The molecule has 1 heterocycles. The summed E-state index contributed by atoms with van der Waals surface area (Å²) in [7, 11) is -3.20. The summed E-state index contributed by atoms with van der Waals surface area (Å²) < 4.78 is 23.9. The van der Waals surface area contributed by atoms with Crippen LogP contribution in [-0.4, -0.2) is 92.3 Å². The summed E-state index contributed by atoms with van der Waals surface area (Å²) in [6, 6.07) is 14.7. The van der Waals surface area contributed by atoms with E-state index in [-0.39, 0.29) is 55.7 Å². The van der Waals surface area contributed by atoms with Crippen molar-refractivity contribution in [1.29, 1.82) is 0 Å². The molecular formula is C34H50N6O6S. The number of sulfone groups is 1. The summed E-state index contributed by atoms with van der Waals surface area (Å²) in [5.74, 6) is -2.19. The normalized spacial score (nSPS) is 16.8. The van der Waals surface area contributed by atoms with Gasteiger partial charge in [0, 0.05) is 19.5 Å². The van der Waals surface area contributed by atoms with E-state index in [0.717, 1.165) is 11.1 Å². The molecule has 2 aromatic carbocycles. The van der Waals surface area contributed by atoms with Gasteiger partial charge < -0.3 is 32.3 Å². The first-order valence-corrected chi connectivity index (χ1v) is 18.1. The highest BCUT2D eigenvalue weighted by Gasteiger charge is 2.34. The molecule has 0 saturated carbocycles. The zero-order chi connectivity index (χ0) is 34.4. The molecule has 0 radical (unpaired) electrons. The molecular weight excluding hydrogens is 620 g/mol. The third-order valence-electron chi connectivity index (χ3n) is 8.11. The average Bonchev–Trinajstić information content (AvgIpc) is 3.04. The minimum Gasteiger partial charge on any atom is -0.343 e. The molecule has 4 amide bonds. The zero-order valence-corrected chi connectivity index (χ0v) is 28.2. The SMILES string of the molecule is CC(C)C[C@@H](NC(=O)C(Cc1ccccc1)NC(=O)[C@H](N)Cc1ccccc1)C(=O)N[C@H](CCCCN)C(=O)N1CCS(=O)(=O)CC1. The van der Waals surface area contributed by atoms with E-state index in [2.05, 4.69) is 16.0 Å². The van der Waals surface area contributed by atoms with Crippen molar-refractivity contribution in [1.82, 2.24) is 20.9 Å². The second kappa shape index (κ2) is 18.5. The summed E-state index contributed by atoms with van der Waals surface area (Å²) in [6.45, 7) is 4.37. The molecule has 1 unspecified atom stereocenters. The number of rotatable bonds is 17. The van der Waals surface area contributed by atoms with Gasteiger partial charge in [-0.05, 0) is 55.7 Å². The van der Waals surface area contributed by atoms with E-state index in [9.17, 15) is 27.6 Å². The quantitative estimate of drug-likeness (QED) is 0.152. The number of nitrogens with two attached hydrogens (primary N) is 2. The van der Waals surface area contributed by atoms with Crippen LogP contribution in [0.3, 0.4) is 0 Å². The minimum absolute atomic E-state index is 0.00574. The van der Waals surface area contributed by atoms with Gasteiger partial charge in [-0.3, -0.25) is 19.2 Å². The number of carbonyl (C=O) groups excluding carboxylic acids is 4. The first kappa shape index (κ1) is 37.6. The average molecular weight is 671 g/mol. The Morgan fingerprint density at radius 2 is 1.26 bits per heavy atom. The van der Waals surface area contributed by atoms with E-state index in [1.165, 1.54) is 4.90 Å². The third-order valence-corrected chi connectivity index (χ3v) is 9.72. The van der Waals surface area contributed by atoms with Gasteiger partial charge in [0.2, 0.25) is 23.6 Å². The number of carbonyl (C=O) groups is 4. The van der Waals surface area contributed by atoms with Crippen molar-refractivity contribution >= 4 is 33.5 Å². The highest BCUT2D eigenvalue weighted by Crippen LogP contribution is 2.13. The van der Waals surface area contributed by atoms with Crippen LogP contribution in [0.25, 0.3) is 0 Å². The number of benzene rings is 2. The second-order valence-corrected chi connectivity index (χ2v) is 14.9. The lowest BCUT2D eigenvalue weighted by Crippen LogP contribution is -2.59. The number of nitrogens with zero attached hydrogens (tertiary/aromatic N) is 1. The molecule has 1 aliphatic heterocycles. The molecule has 1 fully saturated rings. The van der Waals surface area contributed by atoms with E-state index in [1.807, 2.05) is 74.5 Å². The molecule has 1 aliphatic rings. The Morgan fingerprint density at radius 3 is 1.81 bits per heavy atom. The molecule has 0 spiro atoms. The van der Waals surface area contributed by atoms with E-state index >= 15 is 0 Å². The van der Waals surface area contributed by atoms with Crippen LogP contribution >= 0.6 is 0 Å². The van der Waals surface area contributed by atoms with Gasteiger partial charge in [0.1, 0.15) is 18.1 Å². The van der Waals surface area contributed by atoms with Gasteiger partial charge in [0.15, 0.2) is 9.84 Å². The molecule has 0 aromatic heterocycles. The Bertz CT molecular complexity index is 1410. The maximum absolute atomic E-state index is 13.8.